The molecule has 1 N–H and O–H groups in total. The Balaban J connectivity index is 1.65. The molecule has 0 fully saturated rings. The number of rotatable bonds is 7. The van der Waals surface area contributed by atoms with E-state index < -0.39 is 0 Å². The van der Waals surface area contributed by atoms with E-state index in [9.17, 15) is 0 Å². The second-order valence-corrected chi connectivity index (χ2v) is 5.99. The van der Waals surface area contributed by atoms with E-state index in [1.807, 2.05) is 24.3 Å². The summed E-state index contributed by atoms with van der Waals surface area (Å²) in [6, 6.07) is 7.38. The van der Waals surface area contributed by atoms with Crippen LogP contribution in [0.25, 0.3) is 0 Å². The molecule has 6 heteroatoms. The number of halogens is 2. The predicted molar refractivity (Wildman–Crippen MR) is 85.5 cm³/mol. The van der Waals surface area contributed by atoms with Crippen LogP contribution in [0, 0.1) is 0 Å². The first kappa shape index (κ1) is 15.6. The van der Waals surface area contributed by atoms with Crippen LogP contribution in [0.5, 0.6) is 0 Å². The fourth-order valence-corrected chi connectivity index (χ4v) is 2.91. The van der Waals surface area contributed by atoms with Crippen molar-refractivity contribution in [2.75, 3.05) is 12.3 Å². The Bertz CT molecular complexity index is 517. The summed E-state index contributed by atoms with van der Waals surface area (Å²) in [7, 11) is 0. The van der Waals surface area contributed by atoms with Crippen molar-refractivity contribution in [2.24, 2.45) is 0 Å². The van der Waals surface area contributed by atoms with Crippen molar-refractivity contribution in [3.05, 3.63) is 52.3 Å². The second-order valence-electron chi connectivity index (χ2n) is 4.11. The number of benzene rings is 1. The van der Waals surface area contributed by atoms with E-state index in [-0.39, 0.29) is 0 Å². The van der Waals surface area contributed by atoms with Crippen LogP contribution in [0.1, 0.15) is 12.0 Å². The van der Waals surface area contributed by atoms with Gasteiger partial charge in [-0.3, -0.25) is 0 Å². The zero-order valence-electron chi connectivity index (χ0n) is 10.9. The Labute approximate surface area is 133 Å². The van der Waals surface area contributed by atoms with Gasteiger partial charge in [-0.2, -0.15) is 0 Å². The highest BCUT2D eigenvalue weighted by Crippen LogP contribution is 2.23. The Hall–Kier alpha value is -0.810. The largest absolute Gasteiger partial charge is 0.313 e. The summed E-state index contributed by atoms with van der Waals surface area (Å²) < 4.78 is 0. The van der Waals surface area contributed by atoms with Crippen molar-refractivity contribution in [3.8, 4) is 0 Å². The molecule has 0 aliphatic heterocycles. The number of aromatic nitrogens is 2. The van der Waals surface area contributed by atoms with Gasteiger partial charge in [0, 0.05) is 40.3 Å². The first-order valence-electron chi connectivity index (χ1n) is 6.31. The topological polar surface area (TPSA) is 37.8 Å². The maximum absolute atomic E-state index is 6.10. The fraction of sp³-hybridized carbons (Fsp3) is 0.286. The summed E-state index contributed by atoms with van der Waals surface area (Å²) in [5.41, 5.74) is 0.954. The van der Waals surface area contributed by atoms with E-state index in [0.29, 0.717) is 16.6 Å². The Kier molecular flexibility index (Phi) is 6.60. The van der Waals surface area contributed by atoms with Gasteiger partial charge < -0.3 is 5.32 Å². The molecule has 1 aromatic heterocycles. The number of hydrogen-bond donors (Lipinski definition) is 1. The summed E-state index contributed by atoms with van der Waals surface area (Å²) in [5, 5.41) is 5.58. The lowest BCUT2D eigenvalue weighted by atomic mass is 10.2. The molecular weight excluding hydrogens is 313 g/mol. The Morgan fingerprint density at radius 3 is 2.45 bits per heavy atom. The zero-order valence-corrected chi connectivity index (χ0v) is 13.2. The van der Waals surface area contributed by atoms with Gasteiger partial charge in [-0.15, -0.1) is 0 Å². The molecular formula is C14H15Cl2N3S. The molecule has 0 spiro atoms. The number of thioether (sulfide) groups is 1. The monoisotopic (exact) mass is 327 g/mol. The van der Waals surface area contributed by atoms with Crippen LogP contribution < -0.4 is 5.32 Å². The highest BCUT2D eigenvalue weighted by atomic mass is 35.5. The van der Waals surface area contributed by atoms with Gasteiger partial charge in [0.15, 0.2) is 5.16 Å². The van der Waals surface area contributed by atoms with Gasteiger partial charge in [-0.25, -0.2) is 9.97 Å². The average Bonchev–Trinajstić information content (AvgIpc) is 2.46. The van der Waals surface area contributed by atoms with E-state index in [1.54, 1.807) is 24.2 Å². The third kappa shape index (κ3) is 4.94. The van der Waals surface area contributed by atoms with Crippen LogP contribution in [0.15, 0.2) is 41.8 Å². The SMILES string of the molecule is Clc1cccc(Cl)c1CNCCCSc1ncccn1. The normalized spacial score (nSPS) is 10.7. The molecule has 1 heterocycles. The minimum atomic E-state index is 0.686. The summed E-state index contributed by atoms with van der Waals surface area (Å²) in [6.45, 7) is 1.59. The maximum atomic E-state index is 6.10. The van der Waals surface area contributed by atoms with Gasteiger partial charge in [0.05, 0.1) is 0 Å². The van der Waals surface area contributed by atoms with Crippen LogP contribution in [-0.4, -0.2) is 22.3 Å². The molecule has 20 heavy (non-hydrogen) atoms. The molecule has 2 rings (SSSR count). The van der Waals surface area contributed by atoms with Gasteiger partial charge in [-0.1, -0.05) is 41.0 Å². The molecule has 0 aliphatic rings. The Morgan fingerprint density at radius 2 is 1.75 bits per heavy atom. The molecule has 0 bridgehead atoms. The van der Waals surface area contributed by atoms with Crippen LogP contribution in [0.4, 0.5) is 0 Å². The van der Waals surface area contributed by atoms with Crippen molar-refractivity contribution < 1.29 is 0 Å². The summed E-state index contributed by atoms with van der Waals surface area (Å²) in [5.74, 6) is 0.979. The zero-order chi connectivity index (χ0) is 14.2. The molecule has 1 aromatic carbocycles. The first-order chi connectivity index (χ1) is 9.77. The van der Waals surface area contributed by atoms with E-state index in [1.165, 1.54) is 0 Å². The Morgan fingerprint density at radius 1 is 1.05 bits per heavy atom. The maximum Gasteiger partial charge on any atom is 0.187 e. The average molecular weight is 328 g/mol. The first-order valence-corrected chi connectivity index (χ1v) is 8.05. The standard InChI is InChI=1S/C14H15Cl2N3S/c15-12-4-1-5-13(16)11(12)10-17-6-3-9-20-14-18-7-2-8-19-14/h1-2,4-5,7-8,17H,3,6,9-10H2. The van der Waals surface area contributed by atoms with Gasteiger partial charge in [0.2, 0.25) is 0 Å². The van der Waals surface area contributed by atoms with Gasteiger partial charge in [-0.05, 0) is 31.2 Å². The fourth-order valence-electron chi connectivity index (χ4n) is 1.64. The number of hydrogen-bond acceptors (Lipinski definition) is 4. The molecule has 2 aromatic rings. The van der Waals surface area contributed by atoms with Crippen LogP contribution in [-0.2, 0) is 6.54 Å². The molecule has 0 radical (unpaired) electrons. The molecule has 106 valence electrons. The highest BCUT2D eigenvalue weighted by molar-refractivity contribution is 7.99. The minimum absolute atomic E-state index is 0.686. The smallest absolute Gasteiger partial charge is 0.187 e. The minimum Gasteiger partial charge on any atom is -0.313 e. The molecule has 3 nitrogen and oxygen atoms in total. The third-order valence-electron chi connectivity index (χ3n) is 2.63. The predicted octanol–water partition coefficient (Wildman–Crippen LogP) is 4.06. The van der Waals surface area contributed by atoms with Crippen molar-refractivity contribution >= 4 is 35.0 Å². The summed E-state index contributed by atoms with van der Waals surface area (Å²) in [4.78, 5) is 8.33. The molecule has 0 saturated heterocycles. The van der Waals surface area contributed by atoms with E-state index in [4.69, 9.17) is 23.2 Å². The lowest BCUT2D eigenvalue weighted by molar-refractivity contribution is 0.678. The highest BCUT2D eigenvalue weighted by Gasteiger charge is 2.04. The summed E-state index contributed by atoms with van der Waals surface area (Å²) >= 11 is 13.9. The molecule has 0 aliphatic carbocycles. The van der Waals surface area contributed by atoms with Gasteiger partial charge >= 0.3 is 0 Å². The van der Waals surface area contributed by atoms with Crippen molar-refractivity contribution in [3.63, 3.8) is 0 Å². The molecule has 0 unspecified atom stereocenters. The van der Waals surface area contributed by atoms with E-state index in [2.05, 4.69) is 15.3 Å². The molecule has 0 atom stereocenters. The van der Waals surface area contributed by atoms with E-state index >= 15 is 0 Å². The van der Waals surface area contributed by atoms with Crippen molar-refractivity contribution in [2.45, 2.75) is 18.1 Å². The van der Waals surface area contributed by atoms with Gasteiger partial charge in [0.1, 0.15) is 0 Å². The van der Waals surface area contributed by atoms with Crippen molar-refractivity contribution in [1.82, 2.24) is 15.3 Å². The summed E-state index contributed by atoms with van der Waals surface area (Å²) in [6.07, 6.45) is 4.55. The lowest BCUT2D eigenvalue weighted by Crippen LogP contribution is -2.15. The molecule has 0 amide bonds. The van der Waals surface area contributed by atoms with Crippen LogP contribution >= 0.6 is 35.0 Å². The van der Waals surface area contributed by atoms with Gasteiger partial charge in [0.25, 0.3) is 0 Å². The quantitative estimate of drug-likeness (QED) is 0.473. The van der Waals surface area contributed by atoms with Crippen LogP contribution in [0.3, 0.4) is 0 Å². The third-order valence-corrected chi connectivity index (χ3v) is 4.30. The number of nitrogens with one attached hydrogen (secondary N) is 1. The number of nitrogens with zero attached hydrogens (tertiary/aromatic N) is 2. The second kappa shape index (κ2) is 8.47. The van der Waals surface area contributed by atoms with Crippen molar-refractivity contribution in [1.29, 1.82) is 0 Å². The van der Waals surface area contributed by atoms with Crippen LogP contribution in [0.2, 0.25) is 10.0 Å². The molecule has 0 saturated carbocycles. The lowest BCUT2D eigenvalue weighted by Gasteiger charge is -2.08. The van der Waals surface area contributed by atoms with E-state index in [0.717, 1.165) is 29.4 Å².